The molecule has 2 aromatic heterocycles. The Morgan fingerprint density at radius 2 is 1.87 bits per heavy atom. The molecule has 11 heteroatoms. The second-order valence-corrected chi connectivity index (χ2v) is 6.76. The second kappa shape index (κ2) is 8.56. The van der Waals surface area contributed by atoms with Crippen molar-refractivity contribution in [1.82, 2.24) is 35.2 Å². The second-order valence-electron chi connectivity index (χ2n) is 6.76. The number of halogens is 3. The molecule has 8 nitrogen and oxygen atoms in total. The molecule has 0 radical (unpaired) electrons. The van der Waals surface area contributed by atoms with Crippen molar-refractivity contribution in [3.05, 3.63) is 58.9 Å². The first kappa shape index (κ1) is 21.3. The summed E-state index contributed by atoms with van der Waals surface area (Å²) in [4.78, 5) is 8.13. The van der Waals surface area contributed by atoms with Gasteiger partial charge in [0.25, 0.3) is 0 Å². The zero-order chi connectivity index (χ0) is 21.9. The quantitative estimate of drug-likeness (QED) is 0.489. The minimum absolute atomic E-state index is 0.0509. The Balaban J connectivity index is 1.77. The van der Waals surface area contributed by atoms with E-state index in [1.807, 2.05) is 6.07 Å². The van der Waals surface area contributed by atoms with Gasteiger partial charge in [-0.15, -0.1) is 0 Å². The van der Waals surface area contributed by atoms with Crippen molar-refractivity contribution < 1.29 is 13.2 Å². The number of hydrogen-bond acceptors (Lipinski definition) is 4. The SMILES string of the molecule is CN=C(NCc1ccc(-n2nc(C)cc2C)cc1C(F)(F)F)NCc1ncnn1C. The molecule has 0 aliphatic rings. The number of rotatable bonds is 5. The van der Waals surface area contributed by atoms with Crippen molar-refractivity contribution in [3.8, 4) is 5.69 Å². The molecule has 0 aliphatic heterocycles. The third kappa shape index (κ3) is 4.78. The minimum Gasteiger partial charge on any atom is -0.352 e. The summed E-state index contributed by atoms with van der Waals surface area (Å²) >= 11 is 0. The summed E-state index contributed by atoms with van der Waals surface area (Å²) in [7, 11) is 3.29. The smallest absolute Gasteiger partial charge is 0.352 e. The van der Waals surface area contributed by atoms with Gasteiger partial charge in [-0.25, -0.2) is 9.67 Å². The van der Waals surface area contributed by atoms with Crippen LogP contribution in [0.15, 0.2) is 35.6 Å². The van der Waals surface area contributed by atoms with Crippen LogP contribution >= 0.6 is 0 Å². The van der Waals surface area contributed by atoms with E-state index in [-0.39, 0.29) is 12.1 Å². The summed E-state index contributed by atoms with van der Waals surface area (Å²) in [6.07, 6.45) is -3.08. The molecule has 0 saturated carbocycles. The van der Waals surface area contributed by atoms with Gasteiger partial charge < -0.3 is 10.6 Å². The molecule has 0 amide bonds. The summed E-state index contributed by atoms with van der Waals surface area (Å²) in [5.41, 5.74) is 1.25. The van der Waals surface area contributed by atoms with Crippen molar-refractivity contribution in [2.75, 3.05) is 7.05 Å². The van der Waals surface area contributed by atoms with Gasteiger partial charge in [0, 0.05) is 26.3 Å². The van der Waals surface area contributed by atoms with Crippen LogP contribution in [0.2, 0.25) is 0 Å². The first-order chi connectivity index (χ1) is 14.2. The molecule has 30 heavy (non-hydrogen) atoms. The van der Waals surface area contributed by atoms with Crippen LogP contribution in [0.3, 0.4) is 0 Å². The molecular weight excluding hydrogens is 397 g/mol. The summed E-state index contributed by atoms with van der Waals surface area (Å²) < 4.78 is 44.2. The van der Waals surface area contributed by atoms with Gasteiger partial charge in [0.1, 0.15) is 12.2 Å². The average Bonchev–Trinajstić information content (AvgIpc) is 3.25. The predicted octanol–water partition coefficient (Wildman–Crippen LogP) is 2.50. The standard InChI is InChI=1S/C19H23F3N8/c1-12-7-13(2)30(28-12)15-6-5-14(16(8-15)19(20,21)22)9-24-18(23-3)25-10-17-26-11-27-29(17)4/h5-8,11H,9-10H2,1-4H3,(H2,23,24,25). The molecule has 0 aliphatic carbocycles. The lowest BCUT2D eigenvalue weighted by atomic mass is 10.1. The fraction of sp³-hybridized carbons (Fsp3) is 0.368. The van der Waals surface area contributed by atoms with Gasteiger partial charge in [0.05, 0.1) is 23.5 Å². The van der Waals surface area contributed by atoms with Gasteiger partial charge in [-0.3, -0.25) is 9.67 Å². The van der Waals surface area contributed by atoms with E-state index in [0.29, 0.717) is 24.0 Å². The highest BCUT2D eigenvalue weighted by Crippen LogP contribution is 2.33. The first-order valence-corrected chi connectivity index (χ1v) is 9.20. The molecule has 2 heterocycles. The molecule has 0 fully saturated rings. The monoisotopic (exact) mass is 420 g/mol. The van der Waals surface area contributed by atoms with Crippen LogP contribution < -0.4 is 10.6 Å². The number of guanidine groups is 1. The number of aryl methyl sites for hydroxylation is 3. The van der Waals surface area contributed by atoms with E-state index in [1.54, 1.807) is 38.7 Å². The zero-order valence-electron chi connectivity index (χ0n) is 17.1. The summed E-state index contributed by atoms with van der Waals surface area (Å²) in [5.74, 6) is 1.02. The van der Waals surface area contributed by atoms with E-state index in [1.165, 1.54) is 17.1 Å². The number of aliphatic imine (C=N–C) groups is 1. The molecular formula is C19H23F3N8. The highest BCUT2D eigenvalue weighted by Gasteiger charge is 2.33. The molecule has 0 atom stereocenters. The minimum atomic E-state index is -4.50. The van der Waals surface area contributed by atoms with Gasteiger partial charge in [0.15, 0.2) is 5.96 Å². The van der Waals surface area contributed by atoms with Crippen molar-refractivity contribution in [1.29, 1.82) is 0 Å². The van der Waals surface area contributed by atoms with Crippen LogP contribution in [-0.4, -0.2) is 37.6 Å². The van der Waals surface area contributed by atoms with Crippen LogP contribution in [-0.2, 0) is 26.3 Å². The largest absolute Gasteiger partial charge is 0.416 e. The summed E-state index contributed by atoms with van der Waals surface area (Å²) in [6.45, 7) is 3.88. The average molecular weight is 420 g/mol. The van der Waals surface area contributed by atoms with Gasteiger partial charge in [-0.1, -0.05) is 6.07 Å². The summed E-state index contributed by atoms with van der Waals surface area (Å²) in [6, 6.07) is 6.01. The van der Waals surface area contributed by atoms with E-state index >= 15 is 0 Å². The normalized spacial score (nSPS) is 12.3. The maximum atomic E-state index is 13.7. The van der Waals surface area contributed by atoms with Crippen molar-refractivity contribution in [2.24, 2.45) is 12.0 Å². The van der Waals surface area contributed by atoms with Crippen LogP contribution in [0, 0.1) is 13.8 Å². The molecule has 2 N–H and O–H groups in total. The summed E-state index contributed by atoms with van der Waals surface area (Å²) in [5, 5.41) is 14.2. The molecule has 1 aromatic carbocycles. The van der Waals surface area contributed by atoms with E-state index in [9.17, 15) is 13.2 Å². The van der Waals surface area contributed by atoms with Crippen LogP contribution in [0.25, 0.3) is 5.69 Å². The number of nitrogens with one attached hydrogen (secondary N) is 2. The van der Waals surface area contributed by atoms with Gasteiger partial charge >= 0.3 is 6.18 Å². The lowest BCUT2D eigenvalue weighted by Crippen LogP contribution is -2.37. The van der Waals surface area contributed by atoms with E-state index in [2.05, 4.69) is 30.8 Å². The molecule has 160 valence electrons. The number of aromatic nitrogens is 5. The third-order valence-corrected chi connectivity index (χ3v) is 4.54. The molecule has 0 unspecified atom stereocenters. The van der Waals surface area contributed by atoms with Gasteiger partial charge in [-0.05, 0) is 37.6 Å². The van der Waals surface area contributed by atoms with Crippen LogP contribution in [0.5, 0.6) is 0 Å². The fourth-order valence-electron chi connectivity index (χ4n) is 3.05. The van der Waals surface area contributed by atoms with Crippen LogP contribution in [0.4, 0.5) is 13.2 Å². The topological polar surface area (TPSA) is 84.9 Å². The van der Waals surface area contributed by atoms with Crippen molar-refractivity contribution in [3.63, 3.8) is 0 Å². The molecule has 0 bridgehead atoms. The Kier molecular flexibility index (Phi) is 6.09. The third-order valence-electron chi connectivity index (χ3n) is 4.54. The Bertz CT molecular complexity index is 1050. The molecule has 3 aromatic rings. The van der Waals surface area contributed by atoms with E-state index in [0.717, 1.165) is 17.5 Å². The lowest BCUT2D eigenvalue weighted by Gasteiger charge is -2.17. The first-order valence-electron chi connectivity index (χ1n) is 9.20. The lowest BCUT2D eigenvalue weighted by molar-refractivity contribution is -0.138. The van der Waals surface area contributed by atoms with Crippen LogP contribution in [0.1, 0.15) is 28.3 Å². The number of benzene rings is 1. The number of hydrogen-bond donors (Lipinski definition) is 2. The molecule has 0 saturated heterocycles. The Morgan fingerprint density at radius 1 is 1.13 bits per heavy atom. The van der Waals surface area contributed by atoms with E-state index < -0.39 is 11.7 Å². The van der Waals surface area contributed by atoms with Gasteiger partial charge in [-0.2, -0.15) is 23.4 Å². The van der Waals surface area contributed by atoms with Gasteiger partial charge in [0.2, 0.25) is 0 Å². The van der Waals surface area contributed by atoms with Crippen molar-refractivity contribution >= 4 is 5.96 Å². The Morgan fingerprint density at radius 3 is 2.43 bits per heavy atom. The maximum absolute atomic E-state index is 13.7. The fourth-order valence-corrected chi connectivity index (χ4v) is 3.05. The zero-order valence-corrected chi connectivity index (χ0v) is 17.1. The number of nitrogens with zero attached hydrogens (tertiary/aromatic N) is 6. The Labute approximate surface area is 171 Å². The van der Waals surface area contributed by atoms with Crippen molar-refractivity contribution in [2.45, 2.75) is 33.1 Å². The highest BCUT2D eigenvalue weighted by atomic mass is 19.4. The highest BCUT2D eigenvalue weighted by molar-refractivity contribution is 5.79. The number of alkyl halides is 3. The van der Waals surface area contributed by atoms with E-state index in [4.69, 9.17) is 0 Å². The predicted molar refractivity (Wildman–Crippen MR) is 106 cm³/mol. The molecule has 0 spiro atoms. The Hall–Kier alpha value is -3.37. The molecule has 3 rings (SSSR count). The maximum Gasteiger partial charge on any atom is 0.416 e.